The second kappa shape index (κ2) is 7.71. The molecule has 4 nitrogen and oxygen atoms in total. The van der Waals surface area contributed by atoms with Crippen molar-refractivity contribution in [2.24, 2.45) is 0 Å². The van der Waals surface area contributed by atoms with E-state index in [4.69, 9.17) is 9.84 Å². The molecule has 0 aliphatic rings. The standard InChI is InChI=1S/C14H21NO3/c1-3-12-6-4-5-7-13(12)18-11-10-15(2)9-8-14(16)17/h4-7H,3,8-11H2,1-2H3,(H,16,17). The van der Waals surface area contributed by atoms with Gasteiger partial charge in [0.1, 0.15) is 12.4 Å². The van der Waals surface area contributed by atoms with E-state index in [2.05, 4.69) is 13.0 Å². The van der Waals surface area contributed by atoms with Crippen molar-refractivity contribution in [3.63, 3.8) is 0 Å². The maximum atomic E-state index is 10.4. The van der Waals surface area contributed by atoms with Gasteiger partial charge in [0.25, 0.3) is 0 Å². The Balaban J connectivity index is 2.30. The van der Waals surface area contributed by atoms with Crippen molar-refractivity contribution < 1.29 is 14.6 Å². The summed E-state index contributed by atoms with van der Waals surface area (Å²) in [4.78, 5) is 12.4. The van der Waals surface area contributed by atoms with E-state index >= 15 is 0 Å². The van der Waals surface area contributed by atoms with Gasteiger partial charge in [-0.15, -0.1) is 0 Å². The predicted octanol–water partition coefficient (Wildman–Crippen LogP) is 2.03. The summed E-state index contributed by atoms with van der Waals surface area (Å²) in [5, 5.41) is 8.58. The zero-order valence-electron chi connectivity index (χ0n) is 11.1. The zero-order valence-corrected chi connectivity index (χ0v) is 11.1. The topological polar surface area (TPSA) is 49.8 Å². The van der Waals surface area contributed by atoms with Crippen LogP contribution in [0.25, 0.3) is 0 Å². The van der Waals surface area contributed by atoms with E-state index in [1.54, 1.807) is 0 Å². The molecule has 1 aromatic carbocycles. The van der Waals surface area contributed by atoms with Gasteiger partial charge in [-0.25, -0.2) is 0 Å². The Morgan fingerprint density at radius 1 is 1.33 bits per heavy atom. The van der Waals surface area contributed by atoms with E-state index in [-0.39, 0.29) is 6.42 Å². The van der Waals surface area contributed by atoms with E-state index in [0.29, 0.717) is 13.2 Å². The van der Waals surface area contributed by atoms with Gasteiger partial charge >= 0.3 is 5.97 Å². The zero-order chi connectivity index (χ0) is 13.4. The predicted molar refractivity (Wildman–Crippen MR) is 71.1 cm³/mol. The first-order valence-corrected chi connectivity index (χ1v) is 6.24. The molecule has 18 heavy (non-hydrogen) atoms. The van der Waals surface area contributed by atoms with Gasteiger partial charge in [0.05, 0.1) is 6.42 Å². The number of carboxylic acid groups (broad SMARTS) is 1. The van der Waals surface area contributed by atoms with Crippen LogP contribution in [0.2, 0.25) is 0 Å². The summed E-state index contributed by atoms with van der Waals surface area (Å²) in [5.74, 6) is 0.158. The number of ether oxygens (including phenoxy) is 1. The Bertz CT molecular complexity index is 379. The SMILES string of the molecule is CCc1ccccc1OCCN(C)CCC(=O)O. The van der Waals surface area contributed by atoms with Crippen molar-refractivity contribution >= 4 is 5.97 Å². The minimum Gasteiger partial charge on any atom is -0.492 e. The lowest BCUT2D eigenvalue weighted by Gasteiger charge is -2.16. The summed E-state index contributed by atoms with van der Waals surface area (Å²) in [6, 6.07) is 7.99. The number of aryl methyl sites for hydroxylation is 1. The van der Waals surface area contributed by atoms with Crippen LogP contribution in [0.3, 0.4) is 0 Å². The third-order valence-electron chi connectivity index (χ3n) is 2.79. The largest absolute Gasteiger partial charge is 0.492 e. The lowest BCUT2D eigenvalue weighted by Crippen LogP contribution is -2.26. The van der Waals surface area contributed by atoms with Crippen molar-refractivity contribution in [2.45, 2.75) is 19.8 Å². The average Bonchev–Trinajstić information content (AvgIpc) is 2.37. The molecular formula is C14H21NO3. The highest BCUT2D eigenvalue weighted by Crippen LogP contribution is 2.17. The summed E-state index contributed by atoms with van der Waals surface area (Å²) >= 11 is 0. The molecule has 0 bridgehead atoms. The molecule has 0 saturated carbocycles. The lowest BCUT2D eigenvalue weighted by atomic mass is 10.1. The molecule has 0 aromatic heterocycles. The minimum atomic E-state index is -0.765. The van der Waals surface area contributed by atoms with Crippen molar-refractivity contribution in [2.75, 3.05) is 26.7 Å². The summed E-state index contributed by atoms with van der Waals surface area (Å²) < 4.78 is 5.72. The number of para-hydroxylation sites is 1. The number of rotatable bonds is 8. The van der Waals surface area contributed by atoms with Crippen LogP contribution in [0.15, 0.2) is 24.3 Å². The molecule has 0 amide bonds. The maximum absolute atomic E-state index is 10.4. The molecular weight excluding hydrogens is 230 g/mol. The molecule has 0 heterocycles. The summed E-state index contributed by atoms with van der Waals surface area (Å²) in [6.45, 7) is 3.95. The van der Waals surface area contributed by atoms with E-state index in [0.717, 1.165) is 18.7 Å². The maximum Gasteiger partial charge on any atom is 0.304 e. The van der Waals surface area contributed by atoms with Crippen molar-refractivity contribution in [3.8, 4) is 5.75 Å². The highest BCUT2D eigenvalue weighted by Gasteiger charge is 2.04. The molecule has 100 valence electrons. The van der Waals surface area contributed by atoms with Crippen LogP contribution in [0.5, 0.6) is 5.75 Å². The van der Waals surface area contributed by atoms with Gasteiger partial charge in [0.15, 0.2) is 0 Å². The second-order valence-electron chi connectivity index (χ2n) is 4.26. The Morgan fingerprint density at radius 3 is 2.72 bits per heavy atom. The summed E-state index contributed by atoms with van der Waals surface area (Å²) in [6.07, 6.45) is 1.12. The molecule has 0 spiro atoms. The molecule has 0 unspecified atom stereocenters. The van der Waals surface area contributed by atoms with Gasteiger partial charge in [-0.3, -0.25) is 4.79 Å². The molecule has 1 N–H and O–H groups in total. The summed E-state index contributed by atoms with van der Waals surface area (Å²) in [5.41, 5.74) is 1.20. The number of aliphatic carboxylic acids is 1. The van der Waals surface area contributed by atoms with Crippen LogP contribution in [0, 0.1) is 0 Å². The monoisotopic (exact) mass is 251 g/mol. The van der Waals surface area contributed by atoms with Crippen LogP contribution >= 0.6 is 0 Å². The van der Waals surface area contributed by atoms with Gasteiger partial charge in [0.2, 0.25) is 0 Å². The van der Waals surface area contributed by atoms with Crippen LogP contribution < -0.4 is 4.74 Å². The molecule has 1 aromatic rings. The fraction of sp³-hybridized carbons (Fsp3) is 0.500. The fourth-order valence-corrected chi connectivity index (χ4v) is 1.65. The molecule has 0 radical (unpaired) electrons. The highest BCUT2D eigenvalue weighted by atomic mass is 16.5. The first-order chi connectivity index (χ1) is 8.63. The van der Waals surface area contributed by atoms with E-state index in [1.807, 2.05) is 30.1 Å². The first kappa shape index (κ1) is 14.5. The Kier molecular flexibility index (Phi) is 6.22. The third-order valence-corrected chi connectivity index (χ3v) is 2.79. The fourth-order valence-electron chi connectivity index (χ4n) is 1.65. The first-order valence-electron chi connectivity index (χ1n) is 6.24. The Morgan fingerprint density at radius 2 is 2.06 bits per heavy atom. The van der Waals surface area contributed by atoms with Gasteiger partial charge in [-0.05, 0) is 25.1 Å². The Hall–Kier alpha value is -1.55. The number of carbonyl (C=O) groups is 1. The number of hydrogen-bond acceptors (Lipinski definition) is 3. The van der Waals surface area contributed by atoms with Gasteiger partial charge in [0, 0.05) is 13.1 Å². The minimum absolute atomic E-state index is 0.169. The quantitative estimate of drug-likeness (QED) is 0.768. The third kappa shape index (κ3) is 5.19. The smallest absolute Gasteiger partial charge is 0.304 e. The van der Waals surface area contributed by atoms with E-state index in [1.165, 1.54) is 5.56 Å². The van der Waals surface area contributed by atoms with Crippen molar-refractivity contribution in [1.82, 2.24) is 4.90 Å². The normalized spacial score (nSPS) is 10.6. The van der Waals surface area contributed by atoms with Crippen molar-refractivity contribution in [1.29, 1.82) is 0 Å². The molecule has 0 atom stereocenters. The molecule has 0 fully saturated rings. The lowest BCUT2D eigenvalue weighted by molar-refractivity contribution is -0.137. The summed E-state index contributed by atoms with van der Waals surface area (Å²) in [7, 11) is 1.90. The number of benzene rings is 1. The number of carboxylic acids is 1. The molecule has 0 saturated heterocycles. The highest BCUT2D eigenvalue weighted by molar-refractivity contribution is 5.66. The molecule has 1 rings (SSSR count). The van der Waals surface area contributed by atoms with Crippen LogP contribution in [-0.2, 0) is 11.2 Å². The number of likely N-dealkylation sites (N-methyl/N-ethyl adjacent to an activating group) is 1. The second-order valence-corrected chi connectivity index (χ2v) is 4.26. The number of hydrogen-bond donors (Lipinski definition) is 1. The van der Waals surface area contributed by atoms with Crippen molar-refractivity contribution in [3.05, 3.63) is 29.8 Å². The van der Waals surface area contributed by atoms with Gasteiger partial charge in [-0.2, -0.15) is 0 Å². The van der Waals surface area contributed by atoms with Crippen LogP contribution in [0.4, 0.5) is 0 Å². The van der Waals surface area contributed by atoms with Gasteiger partial charge in [-0.1, -0.05) is 25.1 Å². The van der Waals surface area contributed by atoms with E-state index < -0.39 is 5.97 Å². The average molecular weight is 251 g/mol. The van der Waals surface area contributed by atoms with Crippen LogP contribution in [0.1, 0.15) is 18.9 Å². The molecule has 0 aliphatic heterocycles. The molecule has 0 aliphatic carbocycles. The Labute approximate surface area is 108 Å². The van der Waals surface area contributed by atoms with Gasteiger partial charge < -0.3 is 14.7 Å². The number of nitrogens with zero attached hydrogens (tertiary/aromatic N) is 1. The van der Waals surface area contributed by atoms with E-state index in [9.17, 15) is 4.79 Å². The molecule has 4 heteroatoms. The van der Waals surface area contributed by atoms with Crippen LogP contribution in [-0.4, -0.2) is 42.7 Å².